The number of carbonyl (C=O) groups excluding carboxylic acids is 2. The molecule has 0 heterocycles. The Morgan fingerprint density at radius 2 is 1.81 bits per heavy atom. The number of ether oxygens (including phenoxy) is 1. The SMILES string of the molecule is COc1ccccc1CNC(=O)CCN(C(C)=O)c1cccc(C)c1C. The van der Waals surface area contributed by atoms with Gasteiger partial charge < -0.3 is 15.0 Å². The summed E-state index contributed by atoms with van der Waals surface area (Å²) in [4.78, 5) is 26.0. The Morgan fingerprint density at radius 1 is 1.08 bits per heavy atom. The number of methoxy groups -OCH3 is 1. The van der Waals surface area contributed by atoms with Crippen LogP contribution in [0.15, 0.2) is 42.5 Å². The number of rotatable bonds is 7. The van der Waals surface area contributed by atoms with Crippen molar-refractivity contribution < 1.29 is 14.3 Å². The molecule has 5 nitrogen and oxygen atoms in total. The molecule has 2 aromatic rings. The Labute approximate surface area is 155 Å². The van der Waals surface area contributed by atoms with Gasteiger partial charge in [0.1, 0.15) is 5.75 Å². The first-order valence-corrected chi connectivity index (χ1v) is 8.67. The van der Waals surface area contributed by atoms with E-state index in [1.807, 2.05) is 56.3 Å². The van der Waals surface area contributed by atoms with Crippen LogP contribution in [0.25, 0.3) is 0 Å². The van der Waals surface area contributed by atoms with E-state index in [1.165, 1.54) is 6.92 Å². The van der Waals surface area contributed by atoms with Gasteiger partial charge in [0, 0.05) is 37.7 Å². The normalized spacial score (nSPS) is 10.3. The van der Waals surface area contributed by atoms with Gasteiger partial charge in [-0.05, 0) is 37.1 Å². The zero-order chi connectivity index (χ0) is 19.1. The second-order valence-electron chi connectivity index (χ2n) is 6.23. The maximum atomic E-state index is 12.2. The van der Waals surface area contributed by atoms with Crippen LogP contribution in [0.5, 0.6) is 5.75 Å². The van der Waals surface area contributed by atoms with Gasteiger partial charge in [-0.25, -0.2) is 0 Å². The molecule has 0 aliphatic rings. The second kappa shape index (κ2) is 9.04. The molecule has 1 N–H and O–H groups in total. The molecule has 0 radical (unpaired) electrons. The number of benzene rings is 2. The lowest BCUT2D eigenvalue weighted by molar-refractivity contribution is -0.121. The van der Waals surface area contributed by atoms with E-state index in [1.54, 1.807) is 12.0 Å². The Balaban J connectivity index is 1.97. The summed E-state index contributed by atoms with van der Waals surface area (Å²) in [5.41, 5.74) is 3.95. The van der Waals surface area contributed by atoms with E-state index < -0.39 is 0 Å². The van der Waals surface area contributed by atoms with Gasteiger partial charge in [-0.1, -0.05) is 30.3 Å². The molecule has 26 heavy (non-hydrogen) atoms. The number of carbonyl (C=O) groups is 2. The first-order chi connectivity index (χ1) is 12.4. The average molecular weight is 354 g/mol. The molecule has 0 unspecified atom stereocenters. The summed E-state index contributed by atoms with van der Waals surface area (Å²) < 4.78 is 5.29. The monoisotopic (exact) mass is 354 g/mol. The molecule has 0 aliphatic heterocycles. The number of hydrogen-bond acceptors (Lipinski definition) is 3. The molecule has 0 saturated carbocycles. The zero-order valence-electron chi connectivity index (χ0n) is 15.8. The van der Waals surface area contributed by atoms with Gasteiger partial charge >= 0.3 is 0 Å². The van der Waals surface area contributed by atoms with Crippen LogP contribution < -0.4 is 15.0 Å². The summed E-state index contributed by atoms with van der Waals surface area (Å²) in [6.07, 6.45) is 0.238. The molecule has 0 bridgehead atoms. The van der Waals surface area contributed by atoms with Crippen LogP contribution in [0.2, 0.25) is 0 Å². The quantitative estimate of drug-likeness (QED) is 0.829. The van der Waals surface area contributed by atoms with Gasteiger partial charge in [-0.3, -0.25) is 9.59 Å². The number of anilines is 1. The van der Waals surface area contributed by atoms with Crippen molar-refractivity contribution in [3.8, 4) is 5.75 Å². The molecular formula is C21H26N2O3. The summed E-state index contributed by atoms with van der Waals surface area (Å²) in [5.74, 6) is 0.567. The van der Waals surface area contributed by atoms with Gasteiger partial charge in [0.25, 0.3) is 0 Å². The average Bonchev–Trinajstić information content (AvgIpc) is 2.63. The number of aryl methyl sites for hydroxylation is 1. The van der Waals surface area contributed by atoms with Crippen LogP contribution in [-0.2, 0) is 16.1 Å². The highest BCUT2D eigenvalue weighted by molar-refractivity contribution is 5.93. The van der Waals surface area contributed by atoms with Crippen molar-refractivity contribution in [2.45, 2.75) is 33.7 Å². The van der Waals surface area contributed by atoms with E-state index in [9.17, 15) is 9.59 Å². The number of nitrogens with zero attached hydrogens (tertiary/aromatic N) is 1. The molecule has 5 heteroatoms. The maximum absolute atomic E-state index is 12.2. The number of nitrogens with one attached hydrogen (secondary N) is 1. The van der Waals surface area contributed by atoms with Crippen LogP contribution in [0.3, 0.4) is 0 Å². The Hall–Kier alpha value is -2.82. The minimum atomic E-state index is -0.104. The van der Waals surface area contributed by atoms with Crippen molar-refractivity contribution >= 4 is 17.5 Å². The van der Waals surface area contributed by atoms with Gasteiger partial charge in [-0.2, -0.15) is 0 Å². The summed E-state index contributed by atoms with van der Waals surface area (Å²) in [6.45, 7) is 6.26. The highest BCUT2D eigenvalue weighted by Crippen LogP contribution is 2.23. The van der Waals surface area contributed by atoms with E-state index in [4.69, 9.17) is 4.74 Å². The number of amides is 2. The summed E-state index contributed by atoms with van der Waals surface area (Å²) in [7, 11) is 1.61. The number of para-hydroxylation sites is 1. The molecule has 0 saturated heterocycles. The smallest absolute Gasteiger partial charge is 0.223 e. The molecule has 2 aromatic carbocycles. The van der Waals surface area contributed by atoms with Crippen LogP contribution >= 0.6 is 0 Å². The summed E-state index contributed by atoms with van der Waals surface area (Å²) in [5, 5.41) is 2.89. The van der Waals surface area contributed by atoms with Gasteiger partial charge in [0.15, 0.2) is 0 Å². The van der Waals surface area contributed by atoms with Crippen LogP contribution in [0.4, 0.5) is 5.69 Å². The number of hydrogen-bond donors (Lipinski definition) is 1. The van der Waals surface area contributed by atoms with E-state index >= 15 is 0 Å². The lowest BCUT2D eigenvalue weighted by Crippen LogP contribution is -2.34. The van der Waals surface area contributed by atoms with Crippen molar-refractivity contribution in [3.05, 3.63) is 59.2 Å². The van der Waals surface area contributed by atoms with Crippen molar-refractivity contribution in [2.75, 3.05) is 18.6 Å². The first-order valence-electron chi connectivity index (χ1n) is 8.67. The van der Waals surface area contributed by atoms with Crippen molar-refractivity contribution in [2.24, 2.45) is 0 Å². The zero-order valence-corrected chi connectivity index (χ0v) is 15.8. The predicted molar refractivity (Wildman–Crippen MR) is 103 cm³/mol. The molecule has 2 rings (SSSR count). The van der Waals surface area contributed by atoms with Crippen LogP contribution in [0, 0.1) is 13.8 Å². The molecule has 0 atom stereocenters. The topological polar surface area (TPSA) is 58.6 Å². The van der Waals surface area contributed by atoms with E-state index in [0.717, 1.165) is 28.1 Å². The summed E-state index contributed by atoms with van der Waals surface area (Å²) in [6, 6.07) is 13.4. The largest absolute Gasteiger partial charge is 0.496 e. The third kappa shape index (κ3) is 4.85. The lowest BCUT2D eigenvalue weighted by Gasteiger charge is -2.23. The Kier molecular flexibility index (Phi) is 6.78. The van der Waals surface area contributed by atoms with Crippen LogP contribution in [-0.4, -0.2) is 25.5 Å². The maximum Gasteiger partial charge on any atom is 0.223 e. The van der Waals surface area contributed by atoms with E-state index in [0.29, 0.717) is 13.1 Å². The van der Waals surface area contributed by atoms with Crippen molar-refractivity contribution in [3.63, 3.8) is 0 Å². The van der Waals surface area contributed by atoms with Gasteiger partial charge in [0.05, 0.1) is 7.11 Å². The highest BCUT2D eigenvalue weighted by atomic mass is 16.5. The van der Waals surface area contributed by atoms with Crippen molar-refractivity contribution in [1.29, 1.82) is 0 Å². The molecule has 0 spiro atoms. The molecular weight excluding hydrogens is 328 g/mol. The highest BCUT2D eigenvalue weighted by Gasteiger charge is 2.16. The standard InChI is InChI=1S/C21H26N2O3/c1-15-8-7-10-19(16(15)2)23(17(3)24)13-12-21(25)22-14-18-9-5-6-11-20(18)26-4/h5-11H,12-14H2,1-4H3,(H,22,25). The second-order valence-corrected chi connectivity index (χ2v) is 6.23. The Morgan fingerprint density at radius 3 is 2.50 bits per heavy atom. The molecule has 2 amide bonds. The van der Waals surface area contributed by atoms with Crippen LogP contribution in [0.1, 0.15) is 30.0 Å². The minimum absolute atomic E-state index is 0.0729. The van der Waals surface area contributed by atoms with Gasteiger partial charge in [0.2, 0.25) is 11.8 Å². The third-order valence-electron chi connectivity index (χ3n) is 4.48. The molecule has 138 valence electrons. The fraction of sp³-hybridized carbons (Fsp3) is 0.333. The van der Waals surface area contributed by atoms with E-state index in [2.05, 4.69) is 5.32 Å². The fourth-order valence-corrected chi connectivity index (χ4v) is 2.82. The predicted octanol–water partition coefficient (Wildman–Crippen LogP) is 3.37. The fourth-order valence-electron chi connectivity index (χ4n) is 2.82. The first kappa shape index (κ1) is 19.5. The molecule has 0 aliphatic carbocycles. The summed E-state index contributed by atoms with van der Waals surface area (Å²) >= 11 is 0. The minimum Gasteiger partial charge on any atom is -0.496 e. The van der Waals surface area contributed by atoms with Gasteiger partial charge in [-0.15, -0.1) is 0 Å². The third-order valence-corrected chi connectivity index (χ3v) is 4.48. The lowest BCUT2D eigenvalue weighted by atomic mass is 10.1. The van der Waals surface area contributed by atoms with E-state index in [-0.39, 0.29) is 18.2 Å². The van der Waals surface area contributed by atoms with Crippen molar-refractivity contribution in [1.82, 2.24) is 5.32 Å². The molecule has 0 aromatic heterocycles. The molecule has 0 fully saturated rings. The Bertz CT molecular complexity index is 787.